The molecular weight excluding hydrogens is 418 g/mol. The predicted molar refractivity (Wildman–Crippen MR) is 113 cm³/mol. The van der Waals surface area contributed by atoms with E-state index in [4.69, 9.17) is 4.98 Å². The van der Waals surface area contributed by atoms with Gasteiger partial charge in [-0.1, -0.05) is 22.0 Å². The fraction of sp³-hybridized carbons (Fsp3) is 0.136. The molecule has 0 unspecified atom stereocenters. The van der Waals surface area contributed by atoms with Crippen molar-refractivity contribution in [2.75, 3.05) is 0 Å². The number of carboxylic acid groups (broad SMARTS) is 1. The van der Waals surface area contributed by atoms with E-state index in [1.54, 1.807) is 18.3 Å². The van der Waals surface area contributed by atoms with Crippen LogP contribution < -0.4 is 0 Å². The average Bonchev–Trinajstić information content (AvgIpc) is 3.01. The van der Waals surface area contributed by atoms with Gasteiger partial charge in [0.2, 0.25) is 0 Å². The summed E-state index contributed by atoms with van der Waals surface area (Å²) in [6.45, 7) is 6.07. The van der Waals surface area contributed by atoms with E-state index in [-0.39, 0.29) is 5.56 Å². The number of benzene rings is 2. The van der Waals surface area contributed by atoms with Crippen molar-refractivity contribution < 1.29 is 9.90 Å². The third-order valence-corrected chi connectivity index (χ3v) is 5.23. The molecule has 0 saturated carbocycles. The SMILES string of the molecule is Cc1cc(C)cc(-n2ncc(-c3cc(C(=O)O)c4cc(Br)ccc4n3)c2C)c1. The fourth-order valence-electron chi connectivity index (χ4n) is 3.51. The van der Waals surface area contributed by atoms with Crippen LogP contribution in [-0.4, -0.2) is 25.8 Å². The first kappa shape index (κ1) is 18.4. The minimum absolute atomic E-state index is 0.222. The van der Waals surface area contributed by atoms with Crippen LogP contribution in [0.2, 0.25) is 0 Å². The van der Waals surface area contributed by atoms with Gasteiger partial charge in [0.15, 0.2) is 0 Å². The zero-order chi connectivity index (χ0) is 20.0. The lowest BCUT2D eigenvalue weighted by Crippen LogP contribution is -2.02. The molecule has 4 aromatic rings. The first-order chi connectivity index (χ1) is 13.3. The van der Waals surface area contributed by atoms with Gasteiger partial charge in [0.25, 0.3) is 0 Å². The van der Waals surface area contributed by atoms with Crippen LogP contribution in [0.5, 0.6) is 0 Å². The third kappa shape index (κ3) is 3.20. The van der Waals surface area contributed by atoms with Crippen LogP contribution in [0.4, 0.5) is 0 Å². The van der Waals surface area contributed by atoms with E-state index < -0.39 is 5.97 Å². The maximum atomic E-state index is 11.8. The molecule has 0 aliphatic rings. The summed E-state index contributed by atoms with van der Waals surface area (Å²) in [4.78, 5) is 16.5. The van der Waals surface area contributed by atoms with Gasteiger partial charge in [-0.2, -0.15) is 5.10 Å². The lowest BCUT2D eigenvalue weighted by atomic mass is 10.0. The van der Waals surface area contributed by atoms with Crippen LogP contribution in [0.25, 0.3) is 27.8 Å². The van der Waals surface area contributed by atoms with Gasteiger partial charge < -0.3 is 5.11 Å². The number of carboxylic acids is 1. The summed E-state index contributed by atoms with van der Waals surface area (Å²) in [6.07, 6.45) is 1.74. The normalized spacial score (nSPS) is 11.1. The Morgan fingerprint density at radius 2 is 1.75 bits per heavy atom. The summed E-state index contributed by atoms with van der Waals surface area (Å²) in [5.74, 6) is -0.980. The van der Waals surface area contributed by atoms with Gasteiger partial charge in [-0.05, 0) is 68.3 Å². The molecule has 2 aromatic heterocycles. The molecule has 0 saturated heterocycles. The molecule has 0 amide bonds. The van der Waals surface area contributed by atoms with Gasteiger partial charge in [-0.25, -0.2) is 14.5 Å². The van der Waals surface area contributed by atoms with Crippen molar-refractivity contribution in [1.82, 2.24) is 14.8 Å². The van der Waals surface area contributed by atoms with Crippen LogP contribution in [-0.2, 0) is 0 Å². The molecule has 2 aromatic carbocycles. The largest absolute Gasteiger partial charge is 0.478 e. The maximum absolute atomic E-state index is 11.8. The first-order valence-electron chi connectivity index (χ1n) is 8.81. The number of nitrogens with zero attached hydrogens (tertiary/aromatic N) is 3. The molecule has 2 heterocycles. The van der Waals surface area contributed by atoms with E-state index in [1.165, 1.54) is 0 Å². The lowest BCUT2D eigenvalue weighted by Gasteiger charge is -2.09. The van der Waals surface area contributed by atoms with E-state index in [2.05, 4.69) is 53.1 Å². The number of halogens is 1. The molecule has 0 radical (unpaired) electrons. The Morgan fingerprint density at radius 3 is 2.43 bits per heavy atom. The van der Waals surface area contributed by atoms with Crippen LogP contribution in [0.3, 0.4) is 0 Å². The van der Waals surface area contributed by atoms with E-state index in [1.807, 2.05) is 23.7 Å². The monoisotopic (exact) mass is 435 g/mol. The highest BCUT2D eigenvalue weighted by molar-refractivity contribution is 9.10. The molecule has 0 atom stereocenters. The smallest absolute Gasteiger partial charge is 0.336 e. The van der Waals surface area contributed by atoms with Crippen LogP contribution in [0, 0.1) is 20.8 Å². The molecule has 0 fully saturated rings. The predicted octanol–water partition coefficient (Wildman–Crippen LogP) is 5.47. The van der Waals surface area contributed by atoms with E-state index in [0.29, 0.717) is 16.6 Å². The highest BCUT2D eigenvalue weighted by Crippen LogP contribution is 2.30. The second-order valence-electron chi connectivity index (χ2n) is 6.92. The third-order valence-electron chi connectivity index (χ3n) is 4.74. The number of hydrogen-bond donors (Lipinski definition) is 1. The Bertz CT molecular complexity index is 1220. The molecule has 6 heteroatoms. The number of aromatic nitrogens is 3. The van der Waals surface area contributed by atoms with Crippen molar-refractivity contribution in [1.29, 1.82) is 0 Å². The quantitative estimate of drug-likeness (QED) is 0.462. The topological polar surface area (TPSA) is 68.0 Å². The second-order valence-corrected chi connectivity index (χ2v) is 7.84. The molecule has 28 heavy (non-hydrogen) atoms. The Kier molecular flexibility index (Phi) is 4.51. The number of aromatic carboxylic acids is 1. The maximum Gasteiger partial charge on any atom is 0.336 e. The Hall–Kier alpha value is -2.99. The minimum atomic E-state index is -0.980. The number of hydrogen-bond acceptors (Lipinski definition) is 3. The van der Waals surface area contributed by atoms with Crippen LogP contribution >= 0.6 is 15.9 Å². The highest BCUT2D eigenvalue weighted by atomic mass is 79.9. The van der Waals surface area contributed by atoms with Gasteiger partial charge in [0.1, 0.15) is 0 Å². The number of fused-ring (bicyclic) bond motifs is 1. The number of carbonyl (C=O) groups is 1. The molecule has 1 N–H and O–H groups in total. The summed E-state index contributed by atoms with van der Waals surface area (Å²) in [6, 6.07) is 13.3. The molecule has 0 aliphatic carbocycles. The first-order valence-corrected chi connectivity index (χ1v) is 9.60. The number of rotatable bonds is 3. The molecule has 4 rings (SSSR count). The fourth-order valence-corrected chi connectivity index (χ4v) is 3.87. The Labute approximate surface area is 170 Å². The summed E-state index contributed by atoms with van der Waals surface area (Å²) < 4.78 is 2.68. The van der Waals surface area contributed by atoms with Crippen molar-refractivity contribution in [3.63, 3.8) is 0 Å². The lowest BCUT2D eigenvalue weighted by molar-refractivity contribution is 0.0699. The summed E-state index contributed by atoms with van der Waals surface area (Å²) >= 11 is 3.40. The van der Waals surface area contributed by atoms with Crippen molar-refractivity contribution in [2.45, 2.75) is 20.8 Å². The van der Waals surface area contributed by atoms with Crippen molar-refractivity contribution in [3.8, 4) is 16.9 Å². The van der Waals surface area contributed by atoms with Crippen molar-refractivity contribution >= 4 is 32.8 Å². The van der Waals surface area contributed by atoms with Gasteiger partial charge in [0.05, 0.1) is 34.4 Å². The average molecular weight is 436 g/mol. The van der Waals surface area contributed by atoms with Gasteiger partial charge in [0, 0.05) is 15.4 Å². The minimum Gasteiger partial charge on any atom is -0.478 e. The van der Waals surface area contributed by atoms with Gasteiger partial charge >= 0.3 is 5.97 Å². The molecule has 140 valence electrons. The van der Waals surface area contributed by atoms with E-state index in [9.17, 15) is 9.90 Å². The van der Waals surface area contributed by atoms with Crippen molar-refractivity contribution in [2.24, 2.45) is 0 Å². The zero-order valence-electron chi connectivity index (χ0n) is 15.7. The Morgan fingerprint density at radius 1 is 1.04 bits per heavy atom. The van der Waals surface area contributed by atoms with Gasteiger partial charge in [-0.3, -0.25) is 0 Å². The Balaban J connectivity index is 1.91. The van der Waals surface area contributed by atoms with Crippen LogP contribution in [0.1, 0.15) is 27.2 Å². The molecule has 0 spiro atoms. The second kappa shape index (κ2) is 6.87. The van der Waals surface area contributed by atoms with Crippen LogP contribution in [0.15, 0.2) is 53.1 Å². The standard InChI is InChI=1S/C22H18BrN3O2/c1-12-6-13(2)8-16(7-12)26-14(3)19(11-24-26)21-10-18(22(27)28)17-9-15(23)4-5-20(17)25-21/h4-11H,1-3H3,(H,27,28). The van der Waals surface area contributed by atoms with Crippen molar-refractivity contribution in [3.05, 3.63) is 75.5 Å². The van der Waals surface area contributed by atoms with E-state index in [0.717, 1.165) is 32.5 Å². The highest BCUT2D eigenvalue weighted by Gasteiger charge is 2.17. The summed E-state index contributed by atoms with van der Waals surface area (Å²) in [7, 11) is 0. The zero-order valence-corrected chi connectivity index (χ0v) is 17.3. The number of pyridine rings is 1. The summed E-state index contributed by atoms with van der Waals surface area (Å²) in [5.41, 5.74) is 6.47. The molecule has 0 aliphatic heterocycles. The molecular formula is C22H18BrN3O2. The molecule has 0 bridgehead atoms. The summed E-state index contributed by atoms with van der Waals surface area (Å²) in [5, 5.41) is 14.8. The van der Waals surface area contributed by atoms with Gasteiger partial charge in [-0.15, -0.1) is 0 Å². The molecule has 5 nitrogen and oxygen atoms in total. The number of aryl methyl sites for hydroxylation is 2. The van der Waals surface area contributed by atoms with E-state index >= 15 is 0 Å².